The number of aliphatic hydroxyl groups is 1. The van der Waals surface area contributed by atoms with Crippen LogP contribution in [-0.4, -0.2) is 41.3 Å². The molecular weight excluding hydrogens is 358 g/mol. The summed E-state index contributed by atoms with van der Waals surface area (Å²) in [5.74, 6) is 0.655. The van der Waals surface area contributed by atoms with Crippen LogP contribution < -0.4 is 15.6 Å². The lowest BCUT2D eigenvalue weighted by atomic mass is 10.1. The molecule has 28 heavy (non-hydrogen) atoms. The summed E-state index contributed by atoms with van der Waals surface area (Å²) in [6.07, 6.45) is 0.422. The fourth-order valence-corrected chi connectivity index (χ4v) is 2.91. The highest BCUT2D eigenvalue weighted by Gasteiger charge is 2.16. The van der Waals surface area contributed by atoms with Gasteiger partial charge in [0, 0.05) is 30.5 Å². The average Bonchev–Trinajstić information content (AvgIpc) is 2.71. The minimum Gasteiger partial charge on any atom is -0.497 e. The fourth-order valence-electron chi connectivity index (χ4n) is 2.91. The molecule has 0 atom stereocenters. The van der Waals surface area contributed by atoms with Crippen LogP contribution in [0.2, 0.25) is 0 Å². The average molecular weight is 381 g/mol. The smallest absolute Gasteiger partial charge is 0.322 e. The number of aromatic amines is 1. The van der Waals surface area contributed by atoms with Gasteiger partial charge in [-0.2, -0.15) is 0 Å². The van der Waals surface area contributed by atoms with Crippen molar-refractivity contribution in [2.24, 2.45) is 0 Å². The van der Waals surface area contributed by atoms with Gasteiger partial charge in [-0.05, 0) is 42.1 Å². The van der Waals surface area contributed by atoms with Crippen LogP contribution >= 0.6 is 0 Å². The SMILES string of the molecule is COc1ccc2cc(CN(CCCO)C(=O)Nc3ccccc3)c(=O)[nH]c2c1. The fraction of sp³-hybridized carbons (Fsp3) is 0.238. The summed E-state index contributed by atoms with van der Waals surface area (Å²) in [5.41, 5.74) is 1.55. The Kier molecular flexibility index (Phi) is 6.29. The van der Waals surface area contributed by atoms with Gasteiger partial charge in [0.1, 0.15) is 5.75 Å². The lowest BCUT2D eigenvalue weighted by Crippen LogP contribution is -2.37. The minimum atomic E-state index is -0.325. The molecule has 1 aromatic heterocycles. The first-order valence-electron chi connectivity index (χ1n) is 9.02. The molecule has 0 aliphatic heterocycles. The zero-order valence-electron chi connectivity index (χ0n) is 15.6. The molecule has 7 nitrogen and oxygen atoms in total. The summed E-state index contributed by atoms with van der Waals surface area (Å²) in [7, 11) is 1.57. The van der Waals surface area contributed by atoms with Crippen LogP contribution in [0.3, 0.4) is 0 Å². The predicted octanol–water partition coefficient (Wildman–Crippen LogP) is 2.95. The number of fused-ring (bicyclic) bond motifs is 1. The third kappa shape index (κ3) is 4.69. The lowest BCUT2D eigenvalue weighted by Gasteiger charge is -2.23. The normalized spacial score (nSPS) is 10.6. The molecule has 3 rings (SSSR count). The van der Waals surface area contributed by atoms with Crippen molar-refractivity contribution in [3.05, 3.63) is 70.5 Å². The predicted molar refractivity (Wildman–Crippen MR) is 109 cm³/mol. The highest BCUT2D eigenvalue weighted by Crippen LogP contribution is 2.19. The first-order chi connectivity index (χ1) is 13.6. The molecule has 2 amide bonds. The topological polar surface area (TPSA) is 94.7 Å². The molecule has 1 heterocycles. The number of carbonyl (C=O) groups excluding carboxylic acids is 1. The van der Waals surface area contributed by atoms with Crippen molar-refractivity contribution in [1.29, 1.82) is 0 Å². The monoisotopic (exact) mass is 381 g/mol. The maximum atomic E-state index is 12.7. The number of anilines is 1. The Labute approximate surface area is 162 Å². The number of ether oxygens (including phenoxy) is 1. The molecule has 146 valence electrons. The molecule has 2 aromatic carbocycles. The van der Waals surface area contributed by atoms with E-state index in [9.17, 15) is 9.59 Å². The Bertz CT molecular complexity index is 1000. The summed E-state index contributed by atoms with van der Waals surface area (Å²) in [4.78, 5) is 29.6. The second-order valence-electron chi connectivity index (χ2n) is 6.37. The van der Waals surface area contributed by atoms with Gasteiger partial charge < -0.3 is 25.0 Å². The molecule has 0 spiro atoms. The van der Waals surface area contributed by atoms with E-state index in [2.05, 4.69) is 10.3 Å². The molecule has 0 radical (unpaired) electrons. The van der Waals surface area contributed by atoms with E-state index in [0.717, 1.165) is 5.39 Å². The van der Waals surface area contributed by atoms with Gasteiger partial charge in [0.15, 0.2) is 0 Å². The number of aliphatic hydroxyl groups excluding tert-OH is 1. The molecule has 0 bridgehead atoms. The van der Waals surface area contributed by atoms with E-state index in [4.69, 9.17) is 9.84 Å². The highest BCUT2D eigenvalue weighted by atomic mass is 16.5. The molecule has 0 fully saturated rings. The van der Waals surface area contributed by atoms with Gasteiger partial charge in [-0.3, -0.25) is 4.79 Å². The summed E-state index contributed by atoms with van der Waals surface area (Å²) in [6, 6.07) is 16.0. The van der Waals surface area contributed by atoms with E-state index in [1.165, 1.54) is 4.90 Å². The van der Waals surface area contributed by atoms with Crippen LogP contribution in [0.15, 0.2) is 59.4 Å². The molecule has 0 aliphatic rings. The number of pyridine rings is 1. The van der Waals surface area contributed by atoms with Crippen molar-refractivity contribution < 1.29 is 14.6 Å². The number of rotatable bonds is 7. The van der Waals surface area contributed by atoms with E-state index < -0.39 is 0 Å². The second kappa shape index (κ2) is 9.05. The van der Waals surface area contributed by atoms with Gasteiger partial charge in [-0.1, -0.05) is 18.2 Å². The van der Waals surface area contributed by atoms with Crippen LogP contribution in [0.4, 0.5) is 10.5 Å². The molecule has 3 aromatic rings. The summed E-state index contributed by atoms with van der Waals surface area (Å²) >= 11 is 0. The van der Waals surface area contributed by atoms with Gasteiger partial charge in [0.25, 0.3) is 5.56 Å². The zero-order chi connectivity index (χ0) is 19.9. The third-order valence-electron chi connectivity index (χ3n) is 4.39. The molecule has 0 saturated heterocycles. The van der Waals surface area contributed by atoms with Gasteiger partial charge in [0.2, 0.25) is 0 Å². The van der Waals surface area contributed by atoms with E-state index in [1.807, 2.05) is 30.3 Å². The van der Waals surface area contributed by atoms with Crippen LogP contribution in [0, 0.1) is 0 Å². The Hall–Kier alpha value is -3.32. The van der Waals surface area contributed by atoms with E-state index in [-0.39, 0.29) is 24.7 Å². The van der Waals surface area contributed by atoms with Crippen molar-refractivity contribution in [2.75, 3.05) is 25.6 Å². The van der Waals surface area contributed by atoms with Crippen LogP contribution in [0.25, 0.3) is 10.9 Å². The molecule has 3 N–H and O–H groups in total. The number of benzene rings is 2. The summed E-state index contributed by atoms with van der Waals surface area (Å²) in [6.45, 7) is 0.425. The highest BCUT2D eigenvalue weighted by molar-refractivity contribution is 5.89. The quantitative estimate of drug-likeness (QED) is 0.586. The largest absolute Gasteiger partial charge is 0.497 e. The van der Waals surface area contributed by atoms with Crippen molar-refractivity contribution in [1.82, 2.24) is 9.88 Å². The molecule has 0 saturated carbocycles. The van der Waals surface area contributed by atoms with Crippen molar-refractivity contribution >= 4 is 22.6 Å². The van der Waals surface area contributed by atoms with Crippen molar-refractivity contribution in [3.8, 4) is 5.75 Å². The number of nitrogens with zero attached hydrogens (tertiary/aromatic N) is 1. The maximum Gasteiger partial charge on any atom is 0.322 e. The third-order valence-corrected chi connectivity index (χ3v) is 4.39. The first-order valence-corrected chi connectivity index (χ1v) is 9.02. The number of nitrogens with one attached hydrogen (secondary N) is 2. The van der Waals surface area contributed by atoms with Crippen molar-refractivity contribution in [3.63, 3.8) is 0 Å². The Morgan fingerprint density at radius 1 is 1.18 bits per heavy atom. The van der Waals surface area contributed by atoms with Gasteiger partial charge in [0.05, 0.1) is 19.2 Å². The Morgan fingerprint density at radius 2 is 1.96 bits per heavy atom. The van der Waals surface area contributed by atoms with Crippen molar-refractivity contribution in [2.45, 2.75) is 13.0 Å². The van der Waals surface area contributed by atoms with Gasteiger partial charge >= 0.3 is 6.03 Å². The molecule has 0 aliphatic carbocycles. The standard InChI is InChI=1S/C21H23N3O4/c1-28-18-9-8-15-12-16(20(26)23-19(15)13-18)14-24(10-5-11-25)21(27)22-17-6-3-2-4-7-17/h2-4,6-9,12-13,25H,5,10-11,14H2,1H3,(H,22,27)(H,23,26). The number of hydrogen-bond donors (Lipinski definition) is 3. The molecule has 7 heteroatoms. The summed E-state index contributed by atoms with van der Waals surface area (Å²) < 4.78 is 5.18. The number of para-hydroxylation sites is 1. The van der Waals surface area contributed by atoms with Gasteiger partial charge in [-0.25, -0.2) is 4.79 Å². The minimum absolute atomic E-state index is 0.0387. The zero-order valence-corrected chi connectivity index (χ0v) is 15.6. The lowest BCUT2D eigenvalue weighted by molar-refractivity contribution is 0.199. The summed E-state index contributed by atoms with van der Waals surface area (Å²) in [5, 5.41) is 12.8. The second-order valence-corrected chi connectivity index (χ2v) is 6.37. The number of hydrogen-bond acceptors (Lipinski definition) is 4. The Morgan fingerprint density at radius 3 is 2.68 bits per heavy atom. The van der Waals surface area contributed by atoms with Crippen LogP contribution in [0.1, 0.15) is 12.0 Å². The molecular formula is C21H23N3O4. The van der Waals surface area contributed by atoms with E-state index >= 15 is 0 Å². The number of methoxy groups -OCH3 is 1. The number of H-pyrrole nitrogens is 1. The molecule has 0 unspecified atom stereocenters. The van der Waals surface area contributed by atoms with Gasteiger partial charge in [-0.15, -0.1) is 0 Å². The number of carbonyl (C=O) groups is 1. The number of amides is 2. The maximum absolute atomic E-state index is 12.7. The van der Waals surface area contributed by atoms with Crippen LogP contribution in [-0.2, 0) is 6.54 Å². The Balaban J connectivity index is 1.84. The number of aromatic nitrogens is 1. The van der Waals surface area contributed by atoms with E-state index in [0.29, 0.717) is 35.5 Å². The van der Waals surface area contributed by atoms with Crippen LogP contribution in [0.5, 0.6) is 5.75 Å². The van der Waals surface area contributed by atoms with E-state index in [1.54, 1.807) is 31.4 Å². The first kappa shape index (κ1) is 19.4. The number of urea groups is 1.